The molecule has 0 saturated carbocycles. The maximum atomic E-state index is 5.73. The van der Waals surface area contributed by atoms with E-state index in [9.17, 15) is 0 Å². The molecule has 0 bridgehead atoms. The standard InChI is InChI=1S/C18H22N4O/c1-5-9-14-16-17(22(4)21-14)12(3)19-18(20-16)13-10-7-8-11-15(13)23-6-2/h7-8,10-11H,5-6,9H2,1-4H3. The van der Waals surface area contributed by atoms with Gasteiger partial charge in [-0.3, -0.25) is 4.68 Å². The van der Waals surface area contributed by atoms with Crippen LogP contribution in [0.5, 0.6) is 5.75 Å². The highest BCUT2D eigenvalue weighted by Gasteiger charge is 2.17. The van der Waals surface area contributed by atoms with Crippen LogP contribution in [0.25, 0.3) is 22.4 Å². The van der Waals surface area contributed by atoms with Gasteiger partial charge in [-0.1, -0.05) is 25.5 Å². The average molecular weight is 310 g/mol. The zero-order chi connectivity index (χ0) is 16.4. The van der Waals surface area contributed by atoms with Crippen molar-refractivity contribution in [2.45, 2.75) is 33.6 Å². The highest BCUT2D eigenvalue weighted by molar-refractivity contribution is 5.82. The number of hydrogen-bond donors (Lipinski definition) is 0. The number of rotatable bonds is 5. The lowest BCUT2D eigenvalue weighted by Gasteiger charge is -2.10. The number of para-hydroxylation sites is 1. The number of nitrogens with zero attached hydrogens (tertiary/aromatic N) is 4. The van der Waals surface area contributed by atoms with Crippen molar-refractivity contribution >= 4 is 11.0 Å². The van der Waals surface area contributed by atoms with E-state index in [0.717, 1.165) is 46.6 Å². The minimum atomic E-state index is 0.617. The molecule has 0 aliphatic rings. The van der Waals surface area contributed by atoms with Crippen LogP contribution in [0.3, 0.4) is 0 Å². The van der Waals surface area contributed by atoms with E-state index in [2.05, 4.69) is 12.0 Å². The van der Waals surface area contributed by atoms with E-state index >= 15 is 0 Å². The summed E-state index contributed by atoms with van der Waals surface area (Å²) in [6, 6.07) is 7.91. The first-order valence-electron chi connectivity index (χ1n) is 8.08. The Morgan fingerprint density at radius 3 is 2.65 bits per heavy atom. The summed E-state index contributed by atoms with van der Waals surface area (Å²) in [4.78, 5) is 9.51. The van der Waals surface area contributed by atoms with Gasteiger partial charge in [0, 0.05) is 7.05 Å². The van der Waals surface area contributed by atoms with Crippen molar-refractivity contribution in [3.05, 3.63) is 35.7 Å². The van der Waals surface area contributed by atoms with Crippen molar-refractivity contribution in [3.8, 4) is 17.1 Å². The van der Waals surface area contributed by atoms with Gasteiger partial charge in [-0.05, 0) is 32.4 Å². The van der Waals surface area contributed by atoms with Gasteiger partial charge in [-0.15, -0.1) is 0 Å². The predicted molar refractivity (Wildman–Crippen MR) is 91.6 cm³/mol. The fraction of sp³-hybridized carbons (Fsp3) is 0.389. The molecule has 1 aromatic carbocycles. The molecule has 120 valence electrons. The zero-order valence-corrected chi connectivity index (χ0v) is 14.1. The second-order valence-electron chi connectivity index (χ2n) is 5.58. The van der Waals surface area contributed by atoms with E-state index in [0.29, 0.717) is 12.4 Å². The largest absolute Gasteiger partial charge is 0.493 e. The Hall–Kier alpha value is -2.43. The summed E-state index contributed by atoms with van der Waals surface area (Å²) in [5, 5.41) is 4.62. The molecule has 0 atom stereocenters. The molecule has 5 heteroatoms. The monoisotopic (exact) mass is 310 g/mol. The van der Waals surface area contributed by atoms with Crippen molar-refractivity contribution in [1.29, 1.82) is 0 Å². The Labute approximate surface area is 136 Å². The van der Waals surface area contributed by atoms with Crippen LogP contribution in [0.4, 0.5) is 0 Å². The number of fused-ring (bicyclic) bond motifs is 1. The van der Waals surface area contributed by atoms with Gasteiger partial charge in [0.15, 0.2) is 5.82 Å². The highest BCUT2D eigenvalue weighted by atomic mass is 16.5. The molecule has 0 aliphatic heterocycles. The number of hydrogen-bond acceptors (Lipinski definition) is 4. The number of aryl methyl sites for hydroxylation is 3. The van der Waals surface area contributed by atoms with Crippen molar-refractivity contribution in [2.75, 3.05) is 6.61 Å². The smallest absolute Gasteiger partial charge is 0.163 e. The lowest BCUT2D eigenvalue weighted by atomic mass is 10.1. The third-order valence-electron chi connectivity index (χ3n) is 3.84. The molecule has 0 aliphatic carbocycles. The first kappa shape index (κ1) is 15.5. The van der Waals surface area contributed by atoms with Crippen molar-refractivity contribution in [1.82, 2.24) is 19.7 Å². The quantitative estimate of drug-likeness (QED) is 0.721. The van der Waals surface area contributed by atoms with E-state index in [1.54, 1.807) is 0 Å². The van der Waals surface area contributed by atoms with E-state index in [1.165, 1.54) is 0 Å². The minimum Gasteiger partial charge on any atom is -0.493 e. The summed E-state index contributed by atoms with van der Waals surface area (Å²) in [6.45, 7) is 6.76. The molecule has 5 nitrogen and oxygen atoms in total. The van der Waals surface area contributed by atoms with Crippen LogP contribution in [0.1, 0.15) is 31.7 Å². The summed E-state index contributed by atoms with van der Waals surface area (Å²) < 4.78 is 7.61. The number of aromatic nitrogens is 4. The molecule has 2 heterocycles. The van der Waals surface area contributed by atoms with Crippen LogP contribution in [-0.2, 0) is 13.5 Å². The van der Waals surface area contributed by atoms with Gasteiger partial charge in [0.05, 0.1) is 23.6 Å². The third-order valence-corrected chi connectivity index (χ3v) is 3.84. The summed E-state index contributed by atoms with van der Waals surface area (Å²) in [7, 11) is 1.95. The molecular weight excluding hydrogens is 288 g/mol. The minimum absolute atomic E-state index is 0.617. The lowest BCUT2D eigenvalue weighted by molar-refractivity contribution is 0.341. The SMILES string of the molecule is CCCc1nn(C)c2c(C)nc(-c3ccccc3OCC)nc12. The van der Waals surface area contributed by atoms with Gasteiger partial charge >= 0.3 is 0 Å². The van der Waals surface area contributed by atoms with Crippen LogP contribution < -0.4 is 4.74 Å². The number of ether oxygens (including phenoxy) is 1. The highest BCUT2D eigenvalue weighted by Crippen LogP contribution is 2.30. The van der Waals surface area contributed by atoms with E-state index < -0.39 is 0 Å². The summed E-state index contributed by atoms with van der Waals surface area (Å²) in [5.41, 5.74) is 4.85. The van der Waals surface area contributed by atoms with Crippen LogP contribution in [0.15, 0.2) is 24.3 Å². The maximum absolute atomic E-state index is 5.73. The van der Waals surface area contributed by atoms with Gasteiger partial charge in [0.25, 0.3) is 0 Å². The molecule has 0 fully saturated rings. The molecule has 0 radical (unpaired) electrons. The Balaban J connectivity index is 2.21. The van der Waals surface area contributed by atoms with Crippen LogP contribution in [0.2, 0.25) is 0 Å². The van der Waals surface area contributed by atoms with Gasteiger partial charge in [-0.25, -0.2) is 9.97 Å². The van der Waals surface area contributed by atoms with Gasteiger partial charge in [0.1, 0.15) is 16.8 Å². The summed E-state index contributed by atoms with van der Waals surface area (Å²) in [6.07, 6.45) is 1.96. The fourth-order valence-electron chi connectivity index (χ4n) is 2.89. The first-order chi connectivity index (χ1) is 11.2. The molecule has 3 rings (SSSR count). The van der Waals surface area contributed by atoms with Gasteiger partial charge in [0.2, 0.25) is 0 Å². The molecule has 0 saturated heterocycles. The van der Waals surface area contributed by atoms with Gasteiger partial charge in [-0.2, -0.15) is 5.10 Å². The second-order valence-corrected chi connectivity index (χ2v) is 5.58. The fourth-order valence-corrected chi connectivity index (χ4v) is 2.89. The van der Waals surface area contributed by atoms with Crippen molar-refractivity contribution < 1.29 is 4.74 Å². The first-order valence-corrected chi connectivity index (χ1v) is 8.08. The van der Waals surface area contributed by atoms with Crippen LogP contribution >= 0.6 is 0 Å². The normalized spacial score (nSPS) is 11.1. The van der Waals surface area contributed by atoms with E-state index in [4.69, 9.17) is 14.7 Å². The molecule has 0 unspecified atom stereocenters. The Bertz CT molecular complexity index is 838. The molecular formula is C18H22N4O. The molecule has 0 spiro atoms. The van der Waals surface area contributed by atoms with Gasteiger partial charge < -0.3 is 4.74 Å². The molecule has 2 aromatic heterocycles. The number of benzene rings is 1. The van der Waals surface area contributed by atoms with Crippen molar-refractivity contribution in [2.24, 2.45) is 7.05 Å². The Morgan fingerprint density at radius 2 is 1.91 bits per heavy atom. The van der Waals surface area contributed by atoms with Crippen LogP contribution in [0, 0.1) is 6.92 Å². The topological polar surface area (TPSA) is 52.8 Å². The van der Waals surface area contributed by atoms with Crippen LogP contribution in [-0.4, -0.2) is 26.4 Å². The zero-order valence-electron chi connectivity index (χ0n) is 14.1. The van der Waals surface area contributed by atoms with E-state index in [1.807, 2.05) is 49.8 Å². The van der Waals surface area contributed by atoms with E-state index in [-0.39, 0.29) is 0 Å². The predicted octanol–water partition coefficient (Wildman–Crippen LogP) is 3.69. The Morgan fingerprint density at radius 1 is 1.13 bits per heavy atom. The van der Waals surface area contributed by atoms with Crippen molar-refractivity contribution in [3.63, 3.8) is 0 Å². The third kappa shape index (κ3) is 2.79. The average Bonchev–Trinajstić information content (AvgIpc) is 2.85. The molecule has 0 amide bonds. The molecule has 0 N–H and O–H groups in total. The Kier molecular flexibility index (Phi) is 4.28. The molecule has 3 aromatic rings. The maximum Gasteiger partial charge on any atom is 0.163 e. The molecule has 23 heavy (non-hydrogen) atoms. The second kappa shape index (κ2) is 6.36. The summed E-state index contributed by atoms with van der Waals surface area (Å²) in [5.74, 6) is 1.51. The lowest BCUT2D eigenvalue weighted by Crippen LogP contribution is -2.00. The summed E-state index contributed by atoms with van der Waals surface area (Å²) >= 11 is 0.